The molecular formula is C14H18O2. The van der Waals surface area contributed by atoms with Crippen LogP contribution in [0.4, 0.5) is 0 Å². The molecule has 0 aliphatic rings. The number of benzene rings is 1. The lowest BCUT2D eigenvalue weighted by molar-refractivity contribution is -0.123. The second kappa shape index (κ2) is 5.06. The zero-order valence-electron chi connectivity index (χ0n) is 10.1. The molecule has 0 aromatic heterocycles. The van der Waals surface area contributed by atoms with E-state index in [9.17, 15) is 9.59 Å². The van der Waals surface area contributed by atoms with E-state index in [1.165, 1.54) is 6.92 Å². The molecule has 0 N–H and O–H groups in total. The summed E-state index contributed by atoms with van der Waals surface area (Å²) in [6.07, 6.45) is 1.44. The van der Waals surface area contributed by atoms with E-state index in [1.807, 2.05) is 25.1 Å². The van der Waals surface area contributed by atoms with Gasteiger partial charge in [-0.2, -0.15) is 0 Å². The average molecular weight is 218 g/mol. The van der Waals surface area contributed by atoms with Crippen molar-refractivity contribution in [3.05, 3.63) is 35.9 Å². The molecule has 0 aliphatic heterocycles. The Bertz CT molecular complexity index is 381. The zero-order chi connectivity index (χ0) is 12.2. The van der Waals surface area contributed by atoms with E-state index in [2.05, 4.69) is 0 Å². The van der Waals surface area contributed by atoms with E-state index in [4.69, 9.17) is 0 Å². The van der Waals surface area contributed by atoms with Gasteiger partial charge in [0.1, 0.15) is 5.78 Å². The van der Waals surface area contributed by atoms with Gasteiger partial charge in [-0.15, -0.1) is 0 Å². The summed E-state index contributed by atoms with van der Waals surface area (Å²) < 4.78 is 0. The number of carbonyl (C=O) groups is 2. The summed E-state index contributed by atoms with van der Waals surface area (Å²) >= 11 is 0. The first-order valence-corrected chi connectivity index (χ1v) is 5.63. The predicted molar refractivity (Wildman–Crippen MR) is 64.5 cm³/mol. The monoisotopic (exact) mass is 218 g/mol. The van der Waals surface area contributed by atoms with Gasteiger partial charge in [-0.25, -0.2) is 0 Å². The Morgan fingerprint density at radius 1 is 1.19 bits per heavy atom. The Kier molecular flexibility index (Phi) is 3.99. The van der Waals surface area contributed by atoms with Crippen molar-refractivity contribution in [1.29, 1.82) is 0 Å². The standard InChI is InChI=1S/C14H18O2/c1-4-10-14(3,11(2)15)13(16)12-8-6-5-7-9-12/h5-9H,4,10H2,1-3H3. The molecule has 2 nitrogen and oxygen atoms in total. The van der Waals surface area contributed by atoms with Crippen LogP contribution in [0.3, 0.4) is 0 Å². The first-order valence-electron chi connectivity index (χ1n) is 5.63. The van der Waals surface area contributed by atoms with Crippen LogP contribution >= 0.6 is 0 Å². The van der Waals surface area contributed by atoms with Gasteiger partial charge >= 0.3 is 0 Å². The normalized spacial score (nSPS) is 14.2. The van der Waals surface area contributed by atoms with Crippen molar-refractivity contribution in [1.82, 2.24) is 0 Å². The summed E-state index contributed by atoms with van der Waals surface area (Å²) in [7, 11) is 0. The molecule has 0 fully saturated rings. The maximum Gasteiger partial charge on any atom is 0.176 e. The Hall–Kier alpha value is -1.44. The summed E-state index contributed by atoms with van der Waals surface area (Å²) in [5, 5.41) is 0. The van der Waals surface area contributed by atoms with Gasteiger partial charge in [0.2, 0.25) is 0 Å². The lowest BCUT2D eigenvalue weighted by Gasteiger charge is -2.24. The van der Waals surface area contributed by atoms with Crippen LogP contribution in [0.2, 0.25) is 0 Å². The summed E-state index contributed by atoms with van der Waals surface area (Å²) in [4.78, 5) is 23.9. The highest BCUT2D eigenvalue weighted by Crippen LogP contribution is 2.29. The van der Waals surface area contributed by atoms with Crippen LogP contribution in [0, 0.1) is 5.41 Å². The third kappa shape index (κ3) is 2.38. The maximum absolute atomic E-state index is 12.3. The minimum Gasteiger partial charge on any atom is -0.299 e. The minimum absolute atomic E-state index is 0.0526. The van der Waals surface area contributed by atoms with Crippen LogP contribution in [0.5, 0.6) is 0 Å². The van der Waals surface area contributed by atoms with Crippen LogP contribution < -0.4 is 0 Å². The molecule has 0 amide bonds. The second-order valence-electron chi connectivity index (χ2n) is 4.33. The molecule has 0 saturated carbocycles. The Morgan fingerprint density at radius 2 is 1.75 bits per heavy atom. The zero-order valence-corrected chi connectivity index (χ0v) is 10.1. The summed E-state index contributed by atoms with van der Waals surface area (Å²) in [6, 6.07) is 9.03. The van der Waals surface area contributed by atoms with Crippen molar-refractivity contribution in [2.45, 2.75) is 33.6 Å². The first kappa shape index (κ1) is 12.6. The molecule has 1 rings (SSSR count). The van der Waals surface area contributed by atoms with Gasteiger partial charge in [-0.05, 0) is 20.3 Å². The Balaban J connectivity index is 3.06. The highest BCUT2D eigenvalue weighted by molar-refractivity contribution is 6.13. The lowest BCUT2D eigenvalue weighted by Crippen LogP contribution is -2.34. The van der Waals surface area contributed by atoms with Gasteiger partial charge in [0.05, 0.1) is 5.41 Å². The van der Waals surface area contributed by atoms with Gasteiger partial charge in [-0.1, -0.05) is 43.7 Å². The van der Waals surface area contributed by atoms with Crippen molar-refractivity contribution in [2.75, 3.05) is 0 Å². The van der Waals surface area contributed by atoms with Gasteiger partial charge in [-0.3, -0.25) is 9.59 Å². The highest BCUT2D eigenvalue weighted by atomic mass is 16.2. The maximum atomic E-state index is 12.3. The van der Waals surface area contributed by atoms with E-state index in [-0.39, 0.29) is 11.6 Å². The van der Waals surface area contributed by atoms with Crippen LogP contribution in [0.1, 0.15) is 44.0 Å². The lowest BCUT2D eigenvalue weighted by atomic mass is 9.75. The molecule has 0 aliphatic carbocycles. The van der Waals surface area contributed by atoms with Gasteiger partial charge in [0, 0.05) is 5.56 Å². The largest absolute Gasteiger partial charge is 0.299 e. The SMILES string of the molecule is CCCC(C)(C(C)=O)C(=O)c1ccccc1. The smallest absolute Gasteiger partial charge is 0.176 e. The van der Waals surface area contributed by atoms with E-state index < -0.39 is 5.41 Å². The molecule has 1 unspecified atom stereocenters. The summed E-state index contributed by atoms with van der Waals surface area (Å²) in [6.45, 7) is 5.23. The Labute approximate surface area is 96.7 Å². The third-order valence-electron chi connectivity index (χ3n) is 3.06. The highest BCUT2D eigenvalue weighted by Gasteiger charge is 2.37. The van der Waals surface area contributed by atoms with E-state index in [0.29, 0.717) is 12.0 Å². The molecule has 86 valence electrons. The predicted octanol–water partition coefficient (Wildman–Crippen LogP) is 3.26. The third-order valence-corrected chi connectivity index (χ3v) is 3.06. The summed E-state index contributed by atoms with van der Waals surface area (Å²) in [5.41, 5.74) is -0.246. The first-order chi connectivity index (χ1) is 7.52. The van der Waals surface area contributed by atoms with Crippen molar-refractivity contribution in [3.8, 4) is 0 Å². The van der Waals surface area contributed by atoms with Crippen LogP contribution in [-0.2, 0) is 4.79 Å². The molecule has 0 bridgehead atoms. The number of hydrogen-bond acceptors (Lipinski definition) is 2. The van der Waals surface area contributed by atoms with Crippen LogP contribution in [0.25, 0.3) is 0 Å². The molecule has 0 saturated heterocycles. The molecule has 0 radical (unpaired) electrons. The molecule has 1 atom stereocenters. The van der Waals surface area contributed by atoms with Crippen LogP contribution in [-0.4, -0.2) is 11.6 Å². The van der Waals surface area contributed by atoms with Crippen LogP contribution in [0.15, 0.2) is 30.3 Å². The quantitative estimate of drug-likeness (QED) is 0.561. The van der Waals surface area contributed by atoms with Gasteiger partial charge in [0.15, 0.2) is 5.78 Å². The van der Waals surface area contributed by atoms with Crippen molar-refractivity contribution in [2.24, 2.45) is 5.41 Å². The fourth-order valence-corrected chi connectivity index (χ4v) is 1.86. The molecular weight excluding hydrogens is 200 g/mol. The van der Waals surface area contributed by atoms with E-state index in [1.54, 1.807) is 19.1 Å². The molecule has 16 heavy (non-hydrogen) atoms. The molecule has 1 aromatic carbocycles. The Morgan fingerprint density at radius 3 is 2.19 bits per heavy atom. The van der Waals surface area contributed by atoms with Crippen molar-refractivity contribution >= 4 is 11.6 Å². The van der Waals surface area contributed by atoms with Crippen molar-refractivity contribution in [3.63, 3.8) is 0 Å². The second-order valence-corrected chi connectivity index (χ2v) is 4.33. The number of hydrogen-bond donors (Lipinski definition) is 0. The average Bonchev–Trinajstić information content (AvgIpc) is 2.29. The van der Waals surface area contributed by atoms with Gasteiger partial charge in [0.25, 0.3) is 0 Å². The van der Waals surface area contributed by atoms with E-state index >= 15 is 0 Å². The van der Waals surface area contributed by atoms with E-state index in [0.717, 1.165) is 6.42 Å². The molecule has 0 heterocycles. The number of Topliss-reactive ketones (excluding diaryl/α,β-unsaturated/α-hetero) is 2. The fraction of sp³-hybridized carbons (Fsp3) is 0.429. The minimum atomic E-state index is -0.865. The fourth-order valence-electron chi connectivity index (χ4n) is 1.86. The molecule has 0 spiro atoms. The molecule has 2 heteroatoms. The van der Waals surface area contributed by atoms with Crippen molar-refractivity contribution < 1.29 is 9.59 Å². The number of ketones is 2. The molecule has 1 aromatic rings. The van der Waals surface area contributed by atoms with Gasteiger partial charge < -0.3 is 0 Å². The number of rotatable bonds is 5. The topological polar surface area (TPSA) is 34.1 Å². The number of carbonyl (C=O) groups excluding carboxylic acids is 2. The summed E-state index contributed by atoms with van der Waals surface area (Å²) in [5.74, 6) is -0.120.